The molecule has 0 heterocycles. The lowest BCUT2D eigenvalue weighted by atomic mass is 10.1. The number of hydrogen-bond acceptors (Lipinski definition) is 5. The Hall–Kier alpha value is -3.80. The Kier molecular flexibility index (Phi) is 6.47. The molecule has 0 atom stereocenters. The van der Waals surface area contributed by atoms with E-state index in [1.807, 2.05) is 30.3 Å². The van der Waals surface area contributed by atoms with Crippen LogP contribution in [0.5, 0.6) is 17.2 Å². The van der Waals surface area contributed by atoms with E-state index in [-0.39, 0.29) is 17.2 Å². The fourth-order valence-corrected chi connectivity index (χ4v) is 2.71. The van der Waals surface area contributed by atoms with Crippen molar-refractivity contribution in [1.82, 2.24) is 5.32 Å². The second-order valence-electron chi connectivity index (χ2n) is 6.15. The zero-order valence-corrected chi connectivity index (χ0v) is 16.2. The molecule has 0 saturated heterocycles. The third kappa shape index (κ3) is 5.13. The Morgan fingerprint density at radius 2 is 1.62 bits per heavy atom. The smallest absolute Gasteiger partial charge is 0.347 e. The molecule has 6 nitrogen and oxygen atoms in total. The Balaban J connectivity index is 1.69. The van der Waals surface area contributed by atoms with Gasteiger partial charge in [-0.05, 0) is 35.9 Å². The minimum atomic E-state index is -0.591. The van der Waals surface area contributed by atoms with E-state index in [9.17, 15) is 9.59 Å². The van der Waals surface area contributed by atoms with Gasteiger partial charge in [-0.15, -0.1) is 0 Å². The van der Waals surface area contributed by atoms with Crippen LogP contribution in [-0.2, 0) is 6.54 Å². The van der Waals surface area contributed by atoms with Gasteiger partial charge in [0.15, 0.2) is 0 Å². The molecule has 0 radical (unpaired) electrons. The van der Waals surface area contributed by atoms with Crippen molar-refractivity contribution in [2.75, 3.05) is 14.2 Å². The van der Waals surface area contributed by atoms with Crippen molar-refractivity contribution < 1.29 is 23.8 Å². The van der Waals surface area contributed by atoms with Gasteiger partial charge in [0, 0.05) is 18.2 Å². The first-order valence-electron chi connectivity index (χ1n) is 8.97. The van der Waals surface area contributed by atoms with Gasteiger partial charge in [0.25, 0.3) is 5.91 Å². The van der Waals surface area contributed by atoms with Crippen molar-refractivity contribution >= 4 is 11.9 Å². The second kappa shape index (κ2) is 9.41. The number of methoxy groups -OCH3 is 2. The summed E-state index contributed by atoms with van der Waals surface area (Å²) in [5, 5.41) is 2.85. The average molecular weight is 391 g/mol. The van der Waals surface area contributed by atoms with E-state index in [0.717, 1.165) is 5.56 Å². The predicted octanol–water partition coefficient (Wildman–Crippen LogP) is 3.85. The van der Waals surface area contributed by atoms with E-state index in [2.05, 4.69) is 5.32 Å². The summed E-state index contributed by atoms with van der Waals surface area (Å²) in [6.45, 7) is 0.409. The highest BCUT2D eigenvalue weighted by Gasteiger charge is 2.16. The minimum absolute atomic E-state index is 0.256. The molecule has 3 aromatic carbocycles. The molecule has 0 saturated carbocycles. The summed E-state index contributed by atoms with van der Waals surface area (Å²) >= 11 is 0. The van der Waals surface area contributed by atoms with Gasteiger partial charge in [-0.25, -0.2) is 4.79 Å². The molecule has 0 aliphatic heterocycles. The molecule has 3 aromatic rings. The van der Waals surface area contributed by atoms with E-state index in [4.69, 9.17) is 14.2 Å². The molecule has 1 N–H and O–H groups in total. The van der Waals surface area contributed by atoms with Gasteiger partial charge in [0.1, 0.15) is 22.8 Å². The molecule has 6 heteroatoms. The summed E-state index contributed by atoms with van der Waals surface area (Å²) in [7, 11) is 2.99. The first-order chi connectivity index (χ1) is 14.1. The normalized spacial score (nSPS) is 10.1. The van der Waals surface area contributed by atoms with Crippen LogP contribution in [0, 0.1) is 0 Å². The maximum atomic E-state index is 12.5. The third-order valence-electron chi connectivity index (χ3n) is 4.23. The lowest BCUT2D eigenvalue weighted by Crippen LogP contribution is -2.22. The molecule has 0 aromatic heterocycles. The monoisotopic (exact) mass is 391 g/mol. The maximum Gasteiger partial charge on any atom is 0.347 e. The van der Waals surface area contributed by atoms with Crippen LogP contribution < -0.4 is 19.5 Å². The fourth-order valence-electron chi connectivity index (χ4n) is 2.71. The molecule has 0 aliphatic rings. The molecular weight excluding hydrogens is 370 g/mol. The van der Waals surface area contributed by atoms with Crippen molar-refractivity contribution in [1.29, 1.82) is 0 Å². The number of nitrogens with one attached hydrogen (secondary N) is 1. The van der Waals surface area contributed by atoms with Crippen LogP contribution in [0.3, 0.4) is 0 Å². The van der Waals surface area contributed by atoms with Crippen LogP contribution in [-0.4, -0.2) is 26.1 Å². The summed E-state index contributed by atoms with van der Waals surface area (Å²) < 4.78 is 15.8. The highest BCUT2D eigenvalue weighted by Crippen LogP contribution is 2.26. The minimum Gasteiger partial charge on any atom is -0.497 e. The lowest BCUT2D eigenvalue weighted by molar-refractivity contribution is 0.0730. The number of benzene rings is 3. The summed E-state index contributed by atoms with van der Waals surface area (Å²) in [5.41, 5.74) is 1.65. The molecule has 0 bridgehead atoms. The zero-order chi connectivity index (χ0) is 20.6. The molecule has 1 amide bonds. The first kappa shape index (κ1) is 19.9. The SMILES string of the molecule is COc1ccc(C(=O)Oc2cccc(C(=O)NCc3ccccc3)c2)c(OC)c1. The average Bonchev–Trinajstić information content (AvgIpc) is 2.77. The van der Waals surface area contributed by atoms with Crippen LogP contribution in [0.1, 0.15) is 26.3 Å². The summed E-state index contributed by atoms with van der Waals surface area (Å²) in [4.78, 5) is 25.0. The molecule has 0 unspecified atom stereocenters. The predicted molar refractivity (Wildman–Crippen MR) is 109 cm³/mol. The largest absolute Gasteiger partial charge is 0.497 e. The molecule has 148 valence electrons. The van der Waals surface area contributed by atoms with Gasteiger partial charge in [-0.3, -0.25) is 4.79 Å². The Morgan fingerprint density at radius 3 is 2.34 bits per heavy atom. The number of ether oxygens (including phenoxy) is 3. The topological polar surface area (TPSA) is 73.9 Å². The number of carbonyl (C=O) groups excluding carboxylic acids is 2. The number of hydrogen-bond donors (Lipinski definition) is 1. The Bertz CT molecular complexity index is 1000. The van der Waals surface area contributed by atoms with Gasteiger partial charge < -0.3 is 19.5 Å². The molecule has 0 fully saturated rings. The number of esters is 1. The van der Waals surface area contributed by atoms with E-state index in [1.165, 1.54) is 20.3 Å². The summed E-state index contributed by atoms with van der Waals surface area (Å²) in [5.74, 6) is 0.321. The highest BCUT2D eigenvalue weighted by atomic mass is 16.5. The molecule has 3 rings (SSSR count). The number of carbonyl (C=O) groups is 2. The van der Waals surface area contributed by atoms with Gasteiger partial charge in [0.05, 0.1) is 14.2 Å². The highest BCUT2D eigenvalue weighted by molar-refractivity contribution is 5.96. The zero-order valence-electron chi connectivity index (χ0n) is 16.2. The summed E-state index contributed by atoms with van der Waals surface area (Å²) in [6, 6.07) is 20.9. The van der Waals surface area contributed by atoms with E-state index < -0.39 is 5.97 Å². The molecular formula is C23H21NO5. The van der Waals surface area contributed by atoms with Crippen LogP contribution in [0.4, 0.5) is 0 Å². The van der Waals surface area contributed by atoms with Gasteiger partial charge in [-0.2, -0.15) is 0 Å². The van der Waals surface area contributed by atoms with Crippen molar-refractivity contribution in [3.63, 3.8) is 0 Å². The van der Waals surface area contributed by atoms with Gasteiger partial charge in [0.2, 0.25) is 0 Å². The van der Waals surface area contributed by atoms with Crippen LogP contribution in [0.15, 0.2) is 72.8 Å². The Morgan fingerprint density at radius 1 is 0.828 bits per heavy atom. The second-order valence-corrected chi connectivity index (χ2v) is 6.15. The number of rotatable bonds is 7. The van der Waals surface area contributed by atoms with Crippen molar-refractivity contribution in [3.05, 3.63) is 89.5 Å². The van der Waals surface area contributed by atoms with Gasteiger partial charge >= 0.3 is 5.97 Å². The molecule has 0 spiro atoms. The quantitative estimate of drug-likeness (QED) is 0.489. The van der Waals surface area contributed by atoms with Crippen LogP contribution in [0.2, 0.25) is 0 Å². The van der Waals surface area contributed by atoms with Crippen LogP contribution in [0.25, 0.3) is 0 Å². The first-order valence-corrected chi connectivity index (χ1v) is 8.97. The van der Waals surface area contributed by atoms with Crippen molar-refractivity contribution in [2.24, 2.45) is 0 Å². The van der Waals surface area contributed by atoms with Crippen molar-refractivity contribution in [2.45, 2.75) is 6.54 Å². The van der Waals surface area contributed by atoms with Crippen molar-refractivity contribution in [3.8, 4) is 17.2 Å². The van der Waals surface area contributed by atoms with Gasteiger partial charge in [-0.1, -0.05) is 36.4 Å². The summed E-state index contributed by atoms with van der Waals surface area (Å²) in [6.07, 6.45) is 0. The van der Waals surface area contributed by atoms with E-state index in [0.29, 0.717) is 23.6 Å². The van der Waals surface area contributed by atoms with E-state index in [1.54, 1.807) is 36.4 Å². The fraction of sp³-hybridized carbons (Fsp3) is 0.130. The lowest BCUT2D eigenvalue weighted by Gasteiger charge is -2.11. The standard InChI is InChI=1S/C23H21NO5/c1-27-18-11-12-20(21(14-18)28-2)23(26)29-19-10-6-9-17(13-19)22(25)24-15-16-7-4-3-5-8-16/h3-14H,15H2,1-2H3,(H,24,25). The van der Waals surface area contributed by atoms with Crippen LogP contribution >= 0.6 is 0 Å². The molecule has 29 heavy (non-hydrogen) atoms. The molecule has 0 aliphatic carbocycles. The Labute approximate surface area is 169 Å². The third-order valence-corrected chi connectivity index (χ3v) is 4.23. The number of amides is 1. The van der Waals surface area contributed by atoms with E-state index >= 15 is 0 Å². The maximum absolute atomic E-state index is 12.5.